The summed E-state index contributed by atoms with van der Waals surface area (Å²) in [6, 6.07) is 5.38. The molecular weight excluding hydrogens is 403 g/mol. The Morgan fingerprint density at radius 3 is 2.57 bits per heavy atom. The van der Waals surface area contributed by atoms with E-state index in [1.807, 2.05) is 12.1 Å². The Morgan fingerprint density at radius 2 is 1.90 bits per heavy atom. The maximum atomic E-state index is 13.0. The number of anilines is 1. The summed E-state index contributed by atoms with van der Waals surface area (Å²) < 4.78 is 0.883. The average Bonchev–Trinajstić information content (AvgIpc) is 2.44. The van der Waals surface area contributed by atoms with Crippen LogP contribution < -0.4 is 10.2 Å². The molecule has 1 saturated heterocycles. The van der Waals surface area contributed by atoms with Gasteiger partial charge >= 0.3 is 0 Å². The van der Waals surface area contributed by atoms with E-state index < -0.39 is 5.54 Å². The van der Waals surface area contributed by atoms with Crippen LogP contribution in [0.4, 0.5) is 5.69 Å². The summed E-state index contributed by atoms with van der Waals surface area (Å²) in [6.07, 6.45) is 4.56. The minimum Gasteiger partial charge on any atom is -0.340 e. The second kappa shape index (κ2) is 5.76. The Morgan fingerprint density at radius 1 is 1.19 bits per heavy atom. The molecular formula is C15H16ClIN2O2. The van der Waals surface area contributed by atoms with E-state index in [2.05, 4.69) is 27.9 Å². The summed E-state index contributed by atoms with van der Waals surface area (Å²) in [5, 5.41) is 3.58. The number of halogens is 2. The zero-order valence-corrected chi connectivity index (χ0v) is 14.4. The molecule has 0 radical (unpaired) electrons. The summed E-state index contributed by atoms with van der Waals surface area (Å²) in [4.78, 5) is 26.7. The highest BCUT2D eigenvalue weighted by molar-refractivity contribution is 14.1. The number of carbonyl (C=O) groups is 2. The lowest BCUT2D eigenvalue weighted by Gasteiger charge is -2.44. The van der Waals surface area contributed by atoms with Crippen molar-refractivity contribution in [1.29, 1.82) is 0 Å². The van der Waals surface area contributed by atoms with Gasteiger partial charge in [-0.05, 0) is 53.6 Å². The first-order valence-corrected chi connectivity index (χ1v) is 8.56. The highest BCUT2D eigenvalue weighted by Crippen LogP contribution is 2.35. The van der Waals surface area contributed by atoms with E-state index in [0.717, 1.165) is 41.4 Å². The number of rotatable bonds is 1. The third-order valence-corrected chi connectivity index (χ3v) is 5.34. The minimum atomic E-state index is -0.698. The van der Waals surface area contributed by atoms with Gasteiger partial charge in [-0.1, -0.05) is 30.9 Å². The van der Waals surface area contributed by atoms with Crippen molar-refractivity contribution in [3.05, 3.63) is 26.8 Å². The fourth-order valence-electron chi connectivity index (χ4n) is 3.22. The molecule has 3 rings (SSSR count). The van der Waals surface area contributed by atoms with E-state index in [0.29, 0.717) is 5.02 Å². The lowest BCUT2D eigenvalue weighted by Crippen LogP contribution is -2.67. The van der Waals surface area contributed by atoms with Crippen LogP contribution in [0.2, 0.25) is 5.02 Å². The van der Waals surface area contributed by atoms with Crippen LogP contribution >= 0.6 is 34.2 Å². The van der Waals surface area contributed by atoms with Crippen molar-refractivity contribution in [3.63, 3.8) is 0 Å². The molecule has 0 atom stereocenters. The van der Waals surface area contributed by atoms with Crippen molar-refractivity contribution in [2.45, 2.75) is 37.6 Å². The topological polar surface area (TPSA) is 49.4 Å². The molecule has 1 N–H and O–H groups in total. The quantitative estimate of drug-likeness (QED) is 0.713. The monoisotopic (exact) mass is 418 g/mol. The Labute approximate surface area is 142 Å². The van der Waals surface area contributed by atoms with Gasteiger partial charge in [0.1, 0.15) is 12.1 Å². The van der Waals surface area contributed by atoms with Crippen molar-refractivity contribution < 1.29 is 9.59 Å². The van der Waals surface area contributed by atoms with Crippen LogP contribution in [-0.2, 0) is 9.59 Å². The molecule has 0 unspecified atom stereocenters. The summed E-state index contributed by atoms with van der Waals surface area (Å²) >= 11 is 8.13. The first-order chi connectivity index (χ1) is 10.0. The lowest BCUT2D eigenvalue weighted by atomic mass is 9.79. The maximum Gasteiger partial charge on any atom is 0.253 e. The maximum absolute atomic E-state index is 13.0. The van der Waals surface area contributed by atoms with Crippen LogP contribution in [0.5, 0.6) is 0 Å². The smallest absolute Gasteiger partial charge is 0.253 e. The predicted octanol–water partition coefficient (Wildman–Crippen LogP) is 3.11. The molecule has 21 heavy (non-hydrogen) atoms. The van der Waals surface area contributed by atoms with Crippen LogP contribution in [0.25, 0.3) is 0 Å². The molecule has 0 bridgehead atoms. The van der Waals surface area contributed by atoms with Crippen molar-refractivity contribution in [1.82, 2.24) is 5.32 Å². The molecule has 2 aliphatic rings. The largest absolute Gasteiger partial charge is 0.340 e. The summed E-state index contributed by atoms with van der Waals surface area (Å²) in [5.74, 6) is -0.0655. The fraction of sp³-hybridized carbons (Fsp3) is 0.467. The van der Waals surface area contributed by atoms with E-state index >= 15 is 0 Å². The Bertz CT molecular complexity index is 599. The summed E-state index contributed by atoms with van der Waals surface area (Å²) in [5.41, 5.74) is 0.0702. The third-order valence-electron chi connectivity index (χ3n) is 4.24. The number of nitrogens with one attached hydrogen (secondary N) is 1. The number of hydrogen-bond donors (Lipinski definition) is 1. The van der Waals surface area contributed by atoms with Gasteiger partial charge in [0.25, 0.3) is 5.91 Å². The standard InChI is InChI=1S/C15H16ClIN2O2/c16-10-4-5-12(11(17)8-10)19-9-13(20)18-15(14(19)21)6-2-1-3-7-15/h4-5,8H,1-3,6-7,9H2,(H,18,20). The molecule has 1 spiro atoms. The fourth-order valence-corrected chi connectivity index (χ4v) is 4.39. The molecule has 0 aromatic heterocycles. The highest BCUT2D eigenvalue weighted by atomic mass is 127. The highest BCUT2D eigenvalue weighted by Gasteiger charge is 2.47. The third kappa shape index (κ3) is 2.77. The zero-order chi connectivity index (χ0) is 15.0. The minimum absolute atomic E-state index is 0.0158. The molecule has 4 nitrogen and oxygen atoms in total. The van der Waals surface area contributed by atoms with Gasteiger partial charge in [0, 0.05) is 8.59 Å². The van der Waals surface area contributed by atoms with Gasteiger partial charge in [0.2, 0.25) is 5.91 Å². The Hall–Kier alpha value is -0.820. The molecule has 1 aromatic rings. The van der Waals surface area contributed by atoms with Gasteiger partial charge in [-0.3, -0.25) is 14.5 Å². The van der Waals surface area contributed by atoms with Crippen LogP contribution in [0, 0.1) is 3.57 Å². The van der Waals surface area contributed by atoms with Gasteiger partial charge in [-0.15, -0.1) is 0 Å². The van der Waals surface area contributed by atoms with Gasteiger partial charge in [-0.25, -0.2) is 0 Å². The van der Waals surface area contributed by atoms with Crippen molar-refractivity contribution in [3.8, 4) is 0 Å². The van der Waals surface area contributed by atoms with E-state index in [-0.39, 0.29) is 18.4 Å². The van der Waals surface area contributed by atoms with Crippen molar-refractivity contribution in [2.24, 2.45) is 0 Å². The Balaban J connectivity index is 1.97. The van der Waals surface area contributed by atoms with E-state index in [9.17, 15) is 9.59 Å². The number of nitrogens with zero attached hydrogens (tertiary/aromatic N) is 1. The first kappa shape index (κ1) is 15.1. The number of piperazine rings is 1. The molecule has 112 valence electrons. The van der Waals surface area contributed by atoms with Crippen molar-refractivity contribution in [2.75, 3.05) is 11.4 Å². The van der Waals surface area contributed by atoms with Crippen molar-refractivity contribution >= 4 is 51.7 Å². The van der Waals surface area contributed by atoms with Gasteiger partial charge in [-0.2, -0.15) is 0 Å². The molecule has 2 fully saturated rings. The van der Waals surface area contributed by atoms with Crippen LogP contribution in [0.3, 0.4) is 0 Å². The van der Waals surface area contributed by atoms with Crippen LogP contribution in [0.1, 0.15) is 32.1 Å². The molecule has 1 heterocycles. The first-order valence-electron chi connectivity index (χ1n) is 7.10. The van der Waals surface area contributed by atoms with Crippen LogP contribution in [-0.4, -0.2) is 23.9 Å². The molecule has 6 heteroatoms. The van der Waals surface area contributed by atoms with Crippen LogP contribution in [0.15, 0.2) is 18.2 Å². The SMILES string of the molecule is O=C1CN(c2ccc(Cl)cc2I)C(=O)C2(CCCCC2)N1. The average molecular weight is 419 g/mol. The molecule has 1 saturated carbocycles. The Kier molecular flexibility index (Phi) is 4.14. The second-order valence-electron chi connectivity index (χ2n) is 5.68. The van der Waals surface area contributed by atoms with Gasteiger partial charge < -0.3 is 5.32 Å². The molecule has 1 aliphatic heterocycles. The van der Waals surface area contributed by atoms with E-state index in [1.165, 1.54) is 0 Å². The zero-order valence-electron chi connectivity index (χ0n) is 11.5. The van der Waals surface area contributed by atoms with E-state index in [4.69, 9.17) is 11.6 Å². The van der Waals surface area contributed by atoms with Gasteiger partial charge in [0.05, 0.1) is 5.69 Å². The number of benzene rings is 1. The summed E-state index contributed by atoms with van der Waals surface area (Å²) in [6.45, 7) is 0.0816. The van der Waals surface area contributed by atoms with Gasteiger partial charge in [0.15, 0.2) is 0 Å². The predicted molar refractivity (Wildman–Crippen MR) is 90.5 cm³/mol. The molecule has 2 amide bonds. The normalized spacial score (nSPS) is 21.5. The second-order valence-corrected chi connectivity index (χ2v) is 7.28. The number of carbonyl (C=O) groups excluding carboxylic acids is 2. The number of amides is 2. The lowest BCUT2D eigenvalue weighted by molar-refractivity contribution is -0.137. The summed E-state index contributed by atoms with van der Waals surface area (Å²) in [7, 11) is 0. The van der Waals surface area contributed by atoms with E-state index in [1.54, 1.807) is 11.0 Å². The molecule has 1 aromatic carbocycles. The number of hydrogen-bond acceptors (Lipinski definition) is 2. The molecule has 1 aliphatic carbocycles.